The van der Waals surface area contributed by atoms with Crippen molar-refractivity contribution in [2.75, 3.05) is 31.1 Å². The van der Waals surface area contributed by atoms with E-state index in [1.165, 1.54) is 22.9 Å². The largest absolute Gasteiger partial charge is 0.368 e. The van der Waals surface area contributed by atoms with Gasteiger partial charge in [0.25, 0.3) is 5.91 Å². The fraction of sp³-hybridized carbons (Fsp3) is 0.296. The number of hydrogen-bond acceptors (Lipinski definition) is 4. The Bertz CT molecular complexity index is 1280. The summed E-state index contributed by atoms with van der Waals surface area (Å²) in [5, 5.41) is 0. The van der Waals surface area contributed by atoms with Crippen molar-refractivity contribution in [1.29, 1.82) is 0 Å². The van der Waals surface area contributed by atoms with Crippen LogP contribution in [0.3, 0.4) is 0 Å². The smallest absolute Gasteiger partial charge is 0.254 e. The summed E-state index contributed by atoms with van der Waals surface area (Å²) in [4.78, 5) is 17.6. The van der Waals surface area contributed by atoms with Crippen LogP contribution in [0.5, 0.6) is 0 Å². The Balaban J connectivity index is 1.46. The summed E-state index contributed by atoms with van der Waals surface area (Å²) < 4.78 is 28.4. The lowest BCUT2D eigenvalue weighted by molar-refractivity contribution is 0.0745. The molecule has 7 heteroatoms. The molecule has 1 N–H and O–H groups in total. The minimum atomic E-state index is -3.74. The topological polar surface area (TPSA) is 69.7 Å². The summed E-state index contributed by atoms with van der Waals surface area (Å²) in [5.41, 5.74) is 5.80. The number of carbonyl (C=O) groups excluding carboxylic acids is 1. The summed E-state index contributed by atoms with van der Waals surface area (Å²) >= 11 is 0. The van der Waals surface area contributed by atoms with Crippen molar-refractivity contribution in [1.82, 2.24) is 9.62 Å². The molecule has 1 fully saturated rings. The van der Waals surface area contributed by atoms with E-state index < -0.39 is 10.0 Å². The Morgan fingerprint density at radius 3 is 2.26 bits per heavy atom. The molecule has 178 valence electrons. The Kier molecular flexibility index (Phi) is 7.05. The van der Waals surface area contributed by atoms with Crippen LogP contribution in [-0.2, 0) is 16.6 Å². The molecule has 1 aliphatic heterocycles. The van der Waals surface area contributed by atoms with Crippen LogP contribution in [0.15, 0.2) is 71.6 Å². The Labute approximate surface area is 202 Å². The van der Waals surface area contributed by atoms with E-state index in [-0.39, 0.29) is 17.3 Å². The van der Waals surface area contributed by atoms with Gasteiger partial charge in [0.05, 0.1) is 4.90 Å². The van der Waals surface area contributed by atoms with E-state index in [9.17, 15) is 13.2 Å². The highest BCUT2D eigenvalue weighted by atomic mass is 32.2. The number of hydrogen-bond donors (Lipinski definition) is 1. The molecule has 1 saturated heterocycles. The first kappa shape index (κ1) is 24.0. The van der Waals surface area contributed by atoms with Crippen LogP contribution in [0.25, 0.3) is 0 Å². The van der Waals surface area contributed by atoms with Gasteiger partial charge in [-0.25, -0.2) is 13.1 Å². The third-order valence-electron chi connectivity index (χ3n) is 6.54. The summed E-state index contributed by atoms with van der Waals surface area (Å²) in [7, 11) is -3.74. The molecule has 34 heavy (non-hydrogen) atoms. The quantitative estimate of drug-likeness (QED) is 0.582. The summed E-state index contributed by atoms with van der Waals surface area (Å²) in [6, 6.07) is 20.4. The molecule has 1 aliphatic rings. The van der Waals surface area contributed by atoms with E-state index in [0.29, 0.717) is 18.7 Å². The molecule has 6 nitrogen and oxygen atoms in total. The normalized spacial score (nSPS) is 14.3. The van der Waals surface area contributed by atoms with E-state index in [2.05, 4.69) is 41.7 Å². The minimum Gasteiger partial charge on any atom is -0.368 e. The van der Waals surface area contributed by atoms with Gasteiger partial charge < -0.3 is 9.80 Å². The molecule has 0 aliphatic carbocycles. The lowest BCUT2D eigenvalue weighted by Gasteiger charge is -2.37. The number of piperazine rings is 1. The first-order chi connectivity index (χ1) is 16.3. The number of anilines is 1. The molecule has 3 aromatic rings. The van der Waals surface area contributed by atoms with E-state index >= 15 is 0 Å². The molecule has 0 unspecified atom stereocenters. The minimum absolute atomic E-state index is 0.103. The summed E-state index contributed by atoms with van der Waals surface area (Å²) in [5.74, 6) is -0.127. The van der Waals surface area contributed by atoms with Crippen LogP contribution in [0.2, 0.25) is 0 Å². The highest BCUT2D eigenvalue weighted by Gasteiger charge is 2.25. The Morgan fingerprint density at radius 2 is 1.56 bits per heavy atom. The maximum absolute atomic E-state index is 13.3. The van der Waals surface area contributed by atoms with E-state index in [0.717, 1.165) is 24.2 Å². The highest BCUT2D eigenvalue weighted by molar-refractivity contribution is 7.89. The standard InChI is InChI=1S/C27H31N3O3S/c1-20-8-7-11-26(22(20)3)29-14-16-30(17-15-29)27(31)25-18-24(13-12-21(25)2)34(32,33)28-19-23-9-5-4-6-10-23/h4-13,18,28H,14-17,19H2,1-3H3. The average molecular weight is 478 g/mol. The van der Waals surface area contributed by atoms with Gasteiger partial charge in [0, 0.05) is 44.0 Å². The fourth-order valence-electron chi connectivity index (χ4n) is 4.26. The molecule has 4 rings (SSSR count). The maximum atomic E-state index is 13.3. The number of carbonyl (C=O) groups is 1. The number of sulfonamides is 1. The van der Waals surface area contributed by atoms with Gasteiger partial charge in [-0.15, -0.1) is 0 Å². The molecule has 0 aromatic heterocycles. The molecule has 0 spiro atoms. The maximum Gasteiger partial charge on any atom is 0.254 e. The zero-order valence-corrected chi connectivity index (χ0v) is 20.7. The third kappa shape index (κ3) is 5.16. The van der Waals surface area contributed by atoms with Crippen LogP contribution in [0.4, 0.5) is 5.69 Å². The third-order valence-corrected chi connectivity index (χ3v) is 7.94. The van der Waals surface area contributed by atoms with Gasteiger partial charge in [0.2, 0.25) is 10.0 Å². The number of aryl methyl sites for hydroxylation is 2. The number of amides is 1. The van der Waals surface area contributed by atoms with Crippen molar-refractivity contribution in [3.05, 3.63) is 94.5 Å². The first-order valence-corrected chi connectivity index (χ1v) is 13.0. The summed E-state index contributed by atoms with van der Waals surface area (Å²) in [6.07, 6.45) is 0. The van der Waals surface area contributed by atoms with Crippen molar-refractivity contribution in [2.45, 2.75) is 32.2 Å². The van der Waals surface area contributed by atoms with E-state index in [1.54, 1.807) is 12.1 Å². The molecule has 0 atom stereocenters. The molecular weight excluding hydrogens is 446 g/mol. The zero-order chi connectivity index (χ0) is 24.3. The predicted octanol–water partition coefficient (Wildman–Crippen LogP) is 4.05. The van der Waals surface area contributed by atoms with E-state index in [4.69, 9.17) is 0 Å². The zero-order valence-electron chi connectivity index (χ0n) is 19.9. The van der Waals surface area contributed by atoms with Gasteiger partial charge in [-0.3, -0.25) is 4.79 Å². The van der Waals surface area contributed by atoms with E-state index in [1.807, 2.05) is 42.2 Å². The molecule has 0 saturated carbocycles. The van der Waals surface area contributed by atoms with Crippen molar-refractivity contribution in [3.63, 3.8) is 0 Å². The number of nitrogens with one attached hydrogen (secondary N) is 1. The van der Waals surface area contributed by atoms with Gasteiger partial charge in [0.1, 0.15) is 0 Å². The monoisotopic (exact) mass is 477 g/mol. The first-order valence-electron chi connectivity index (χ1n) is 11.5. The van der Waals surface area contributed by atoms with Crippen LogP contribution in [0, 0.1) is 20.8 Å². The lowest BCUT2D eigenvalue weighted by Crippen LogP contribution is -2.49. The van der Waals surface area contributed by atoms with Crippen LogP contribution < -0.4 is 9.62 Å². The van der Waals surface area contributed by atoms with Crippen molar-refractivity contribution >= 4 is 21.6 Å². The van der Waals surface area contributed by atoms with Gasteiger partial charge in [-0.1, -0.05) is 48.5 Å². The van der Waals surface area contributed by atoms with Crippen molar-refractivity contribution in [2.24, 2.45) is 0 Å². The van der Waals surface area contributed by atoms with Crippen LogP contribution in [0.1, 0.15) is 32.6 Å². The summed E-state index contributed by atoms with van der Waals surface area (Å²) in [6.45, 7) is 8.94. The highest BCUT2D eigenvalue weighted by Crippen LogP contribution is 2.25. The van der Waals surface area contributed by atoms with Gasteiger partial charge in [-0.2, -0.15) is 0 Å². The second-order valence-corrected chi connectivity index (χ2v) is 10.6. The predicted molar refractivity (Wildman–Crippen MR) is 136 cm³/mol. The lowest BCUT2D eigenvalue weighted by atomic mass is 10.1. The second kappa shape index (κ2) is 9.99. The molecule has 0 radical (unpaired) electrons. The molecule has 3 aromatic carbocycles. The Hall–Kier alpha value is -3.16. The van der Waals surface area contributed by atoms with Crippen LogP contribution >= 0.6 is 0 Å². The van der Waals surface area contributed by atoms with Crippen molar-refractivity contribution in [3.8, 4) is 0 Å². The fourth-order valence-corrected chi connectivity index (χ4v) is 5.30. The van der Waals surface area contributed by atoms with Gasteiger partial charge >= 0.3 is 0 Å². The van der Waals surface area contributed by atoms with Gasteiger partial charge in [-0.05, 0) is 61.2 Å². The van der Waals surface area contributed by atoms with Crippen LogP contribution in [-0.4, -0.2) is 45.4 Å². The molecule has 1 heterocycles. The number of nitrogens with zero attached hydrogens (tertiary/aromatic N) is 2. The molecular formula is C27H31N3O3S. The second-order valence-electron chi connectivity index (χ2n) is 8.79. The van der Waals surface area contributed by atoms with Gasteiger partial charge in [0.15, 0.2) is 0 Å². The molecule has 0 bridgehead atoms. The molecule has 1 amide bonds. The van der Waals surface area contributed by atoms with Crippen molar-refractivity contribution < 1.29 is 13.2 Å². The number of rotatable bonds is 6. The number of benzene rings is 3. The SMILES string of the molecule is Cc1ccc(S(=O)(=O)NCc2ccccc2)cc1C(=O)N1CCN(c2cccc(C)c2C)CC1. The average Bonchev–Trinajstić information content (AvgIpc) is 2.85. The Morgan fingerprint density at radius 1 is 0.853 bits per heavy atom.